The first-order valence-electron chi connectivity index (χ1n) is 4.19. The van der Waals surface area contributed by atoms with E-state index in [1.54, 1.807) is 0 Å². The van der Waals surface area contributed by atoms with E-state index in [0.717, 1.165) is 32.4 Å². The molecule has 0 spiro atoms. The molecule has 0 saturated carbocycles. The van der Waals surface area contributed by atoms with Crippen LogP contribution >= 0.6 is 12.4 Å². The van der Waals surface area contributed by atoms with Crippen LogP contribution in [0.4, 0.5) is 4.39 Å². The van der Waals surface area contributed by atoms with Gasteiger partial charge in [-0.3, -0.25) is 0 Å². The molecule has 2 unspecified atom stereocenters. The van der Waals surface area contributed by atoms with Gasteiger partial charge in [0.2, 0.25) is 0 Å². The average Bonchev–Trinajstić information content (AvgIpc) is 2.38. The van der Waals surface area contributed by atoms with Crippen molar-refractivity contribution in [2.24, 2.45) is 5.92 Å². The van der Waals surface area contributed by atoms with Gasteiger partial charge in [0.15, 0.2) is 0 Å². The predicted octanol–water partition coefficient (Wildman–Crippen LogP) is 2.16. The van der Waals surface area contributed by atoms with Crippen molar-refractivity contribution in [3.63, 3.8) is 0 Å². The SMILES string of the molecule is CCCC(F)C1CCNC1.Cl. The summed E-state index contributed by atoms with van der Waals surface area (Å²) in [6.07, 6.45) is 2.19. The van der Waals surface area contributed by atoms with Crippen LogP contribution in [0.3, 0.4) is 0 Å². The Balaban J connectivity index is 0.000001000. The highest BCUT2D eigenvalue weighted by Crippen LogP contribution is 2.19. The Morgan fingerprint density at radius 3 is 2.82 bits per heavy atom. The molecule has 0 bridgehead atoms. The normalized spacial score (nSPS) is 26.2. The zero-order valence-corrected chi connectivity index (χ0v) is 7.79. The third kappa shape index (κ3) is 3.39. The maximum absolute atomic E-state index is 13.1. The van der Waals surface area contributed by atoms with E-state index in [1.807, 2.05) is 6.92 Å². The van der Waals surface area contributed by atoms with Crippen LogP contribution in [0.15, 0.2) is 0 Å². The van der Waals surface area contributed by atoms with Gasteiger partial charge in [0.1, 0.15) is 6.17 Å². The molecule has 0 aromatic carbocycles. The van der Waals surface area contributed by atoms with Crippen molar-refractivity contribution in [3.8, 4) is 0 Å². The van der Waals surface area contributed by atoms with E-state index in [0.29, 0.717) is 5.92 Å². The van der Waals surface area contributed by atoms with Gasteiger partial charge >= 0.3 is 0 Å². The van der Waals surface area contributed by atoms with Gasteiger partial charge in [0.05, 0.1) is 0 Å². The number of hydrogen-bond acceptors (Lipinski definition) is 1. The van der Waals surface area contributed by atoms with Crippen LogP contribution in [-0.2, 0) is 0 Å². The zero-order valence-electron chi connectivity index (χ0n) is 6.98. The van der Waals surface area contributed by atoms with Crippen LogP contribution in [0, 0.1) is 5.92 Å². The molecule has 1 rings (SSSR count). The fraction of sp³-hybridized carbons (Fsp3) is 1.00. The van der Waals surface area contributed by atoms with E-state index in [9.17, 15) is 4.39 Å². The minimum atomic E-state index is -0.556. The summed E-state index contributed by atoms with van der Waals surface area (Å²) in [5, 5.41) is 3.17. The van der Waals surface area contributed by atoms with E-state index in [4.69, 9.17) is 0 Å². The second-order valence-electron chi connectivity index (χ2n) is 3.06. The minimum Gasteiger partial charge on any atom is -0.316 e. The summed E-state index contributed by atoms with van der Waals surface area (Å²) in [6.45, 7) is 3.94. The quantitative estimate of drug-likeness (QED) is 0.704. The molecule has 68 valence electrons. The lowest BCUT2D eigenvalue weighted by Gasteiger charge is -2.12. The molecule has 1 heterocycles. The average molecular weight is 182 g/mol. The van der Waals surface area contributed by atoms with Crippen LogP contribution in [0.2, 0.25) is 0 Å². The molecule has 0 amide bonds. The molecule has 1 aliphatic heterocycles. The Hall–Kier alpha value is 0.180. The van der Waals surface area contributed by atoms with E-state index >= 15 is 0 Å². The van der Waals surface area contributed by atoms with Crippen molar-refractivity contribution in [2.75, 3.05) is 13.1 Å². The van der Waals surface area contributed by atoms with E-state index < -0.39 is 6.17 Å². The highest BCUT2D eigenvalue weighted by atomic mass is 35.5. The Kier molecular flexibility index (Phi) is 5.88. The summed E-state index contributed by atoms with van der Waals surface area (Å²) in [5.74, 6) is 0.306. The van der Waals surface area contributed by atoms with Gasteiger partial charge in [-0.15, -0.1) is 12.4 Å². The molecule has 0 radical (unpaired) electrons. The maximum Gasteiger partial charge on any atom is 0.104 e. The van der Waals surface area contributed by atoms with Gasteiger partial charge in [0.25, 0.3) is 0 Å². The second kappa shape index (κ2) is 5.78. The molecular weight excluding hydrogens is 165 g/mol. The largest absolute Gasteiger partial charge is 0.316 e. The van der Waals surface area contributed by atoms with Crippen molar-refractivity contribution in [1.82, 2.24) is 5.32 Å². The summed E-state index contributed by atoms with van der Waals surface area (Å²) in [5.41, 5.74) is 0. The monoisotopic (exact) mass is 181 g/mol. The van der Waals surface area contributed by atoms with Gasteiger partial charge in [-0.1, -0.05) is 13.3 Å². The summed E-state index contributed by atoms with van der Waals surface area (Å²) in [4.78, 5) is 0. The Bertz CT molecular complexity index is 94.1. The second-order valence-corrected chi connectivity index (χ2v) is 3.06. The lowest BCUT2D eigenvalue weighted by Crippen LogP contribution is -2.18. The number of rotatable bonds is 3. The van der Waals surface area contributed by atoms with Crippen LogP contribution in [0.25, 0.3) is 0 Å². The van der Waals surface area contributed by atoms with Gasteiger partial charge in [-0.25, -0.2) is 4.39 Å². The van der Waals surface area contributed by atoms with Crippen LogP contribution in [0.5, 0.6) is 0 Å². The molecule has 1 fully saturated rings. The molecule has 1 saturated heterocycles. The standard InChI is InChI=1S/C8H16FN.ClH/c1-2-3-8(9)7-4-5-10-6-7;/h7-8,10H,2-6H2,1H3;1H. The van der Waals surface area contributed by atoms with Crippen molar-refractivity contribution in [1.29, 1.82) is 0 Å². The Morgan fingerprint density at radius 2 is 2.36 bits per heavy atom. The smallest absolute Gasteiger partial charge is 0.104 e. The maximum atomic E-state index is 13.1. The molecule has 1 aliphatic rings. The first-order valence-corrected chi connectivity index (χ1v) is 4.19. The third-order valence-electron chi connectivity index (χ3n) is 2.17. The first kappa shape index (κ1) is 11.2. The molecule has 0 aromatic heterocycles. The molecule has 3 heteroatoms. The van der Waals surface area contributed by atoms with Crippen LogP contribution in [-0.4, -0.2) is 19.3 Å². The highest BCUT2D eigenvalue weighted by Gasteiger charge is 2.23. The van der Waals surface area contributed by atoms with Crippen molar-refractivity contribution < 1.29 is 4.39 Å². The fourth-order valence-corrected chi connectivity index (χ4v) is 1.50. The topological polar surface area (TPSA) is 12.0 Å². The van der Waals surface area contributed by atoms with E-state index in [2.05, 4.69) is 5.32 Å². The number of nitrogens with one attached hydrogen (secondary N) is 1. The fourth-order valence-electron chi connectivity index (χ4n) is 1.50. The van der Waals surface area contributed by atoms with E-state index in [-0.39, 0.29) is 12.4 Å². The van der Waals surface area contributed by atoms with E-state index in [1.165, 1.54) is 0 Å². The molecule has 0 aliphatic carbocycles. The van der Waals surface area contributed by atoms with Gasteiger partial charge in [-0.2, -0.15) is 0 Å². The van der Waals surface area contributed by atoms with Crippen molar-refractivity contribution >= 4 is 12.4 Å². The van der Waals surface area contributed by atoms with Crippen LogP contribution < -0.4 is 5.32 Å². The Morgan fingerprint density at radius 1 is 1.64 bits per heavy atom. The van der Waals surface area contributed by atoms with Gasteiger partial charge in [0, 0.05) is 12.5 Å². The summed E-state index contributed by atoms with van der Waals surface area (Å²) in [6, 6.07) is 0. The van der Waals surface area contributed by atoms with Crippen LogP contribution in [0.1, 0.15) is 26.2 Å². The zero-order chi connectivity index (χ0) is 7.40. The van der Waals surface area contributed by atoms with Gasteiger partial charge < -0.3 is 5.32 Å². The Labute approximate surface area is 74.2 Å². The third-order valence-corrected chi connectivity index (χ3v) is 2.17. The summed E-state index contributed by atoms with van der Waals surface area (Å²) in [7, 11) is 0. The predicted molar refractivity (Wildman–Crippen MR) is 48.0 cm³/mol. The molecule has 2 atom stereocenters. The van der Waals surface area contributed by atoms with Gasteiger partial charge in [-0.05, 0) is 19.4 Å². The lowest BCUT2D eigenvalue weighted by atomic mass is 9.99. The highest BCUT2D eigenvalue weighted by molar-refractivity contribution is 5.85. The number of hydrogen-bond donors (Lipinski definition) is 1. The molecule has 1 N–H and O–H groups in total. The van der Waals surface area contributed by atoms with Crippen molar-refractivity contribution in [2.45, 2.75) is 32.4 Å². The number of alkyl halides is 1. The number of halogens is 2. The minimum absolute atomic E-state index is 0. The molecule has 1 nitrogen and oxygen atoms in total. The van der Waals surface area contributed by atoms with Crippen molar-refractivity contribution in [3.05, 3.63) is 0 Å². The summed E-state index contributed by atoms with van der Waals surface area (Å²) < 4.78 is 13.1. The lowest BCUT2D eigenvalue weighted by molar-refractivity contribution is 0.225. The first-order chi connectivity index (χ1) is 4.84. The molecular formula is C8H17ClFN. The summed E-state index contributed by atoms with van der Waals surface area (Å²) >= 11 is 0. The molecule has 0 aromatic rings. The molecule has 11 heavy (non-hydrogen) atoms.